The second-order valence-electron chi connectivity index (χ2n) is 8.26. The summed E-state index contributed by atoms with van der Waals surface area (Å²) in [7, 11) is 0. The van der Waals surface area contributed by atoms with Crippen LogP contribution >= 0.6 is 27.7 Å². The van der Waals surface area contributed by atoms with Crippen molar-refractivity contribution in [3.8, 4) is 11.5 Å². The molecule has 0 bridgehead atoms. The van der Waals surface area contributed by atoms with Crippen molar-refractivity contribution in [3.63, 3.8) is 0 Å². The normalized spacial score (nSPS) is 14.5. The number of benzene rings is 3. The predicted molar refractivity (Wildman–Crippen MR) is 140 cm³/mol. The Bertz CT molecular complexity index is 1680. The van der Waals surface area contributed by atoms with Crippen LogP contribution in [0.15, 0.2) is 57.9 Å². The minimum Gasteiger partial charge on any atom is -0.449 e. The van der Waals surface area contributed by atoms with Crippen molar-refractivity contribution in [1.82, 2.24) is 4.90 Å². The van der Waals surface area contributed by atoms with E-state index >= 15 is 0 Å². The van der Waals surface area contributed by atoms with Crippen molar-refractivity contribution in [2.24, 2.45) is 0 Å². The lowest BCUT2D eigenvalue weighted by atomic mass is 10.1. The number of hydrogen-bond donors (Lipinski definition) is 1. The highest BCUT2D eigenvalue weighted by molar-refractivity contribution is 9.10. The maximum Gasteiger partial charge on any atom is 0.416 e. The van der Waals surface area contributed by atoms with E-state index in [2.05, 4.69) is 15.9 Å². The van der Waals surface area contributed by atoms with Crippen molar-refractivity contribution in [1.29, 1.82) is 0 Å². The van der Waals surface area contributed by atoms with Gasteiger partial charge in [-0.1, -0.05) is 15.9 Å². The van der Waals surface area contributed by atoms with Crippen LogP contribution in [0.2, 0.25) is 0 Å². The van der Waals surface area contributed by atoms with E-state index in [0.717, 1.165) is 18.2 Å². The first-order chi connectivity index (χ1) is 19.6. The molecule has 17 heteroatoms. The van der Waals surface area contributed by atoms with E-state index in [0.29, 0.717) is 39.3 Å². The number of alkyl halides is 3. The predicted octanol–water partition coefficient (Wildman–Crippen LogP) is 7.26. The smallest absolute Gasteiger partial charge is 0.416 e. The fourth-order valence-corrected chi connectivity index (χ4v) is 4.71. The monoisotopic (exact) mass is 675 g/mol. The van der Waals surface area contributed by atoms with E-state index in [4.69, 9.17) is 4.74 Å². The van der Waals surface area contributed by atoms with Gasteiger partial charge in [0, 0.05) is 16.1 Å². The van der Waals surface area contributed by atoms with Crippen LogP contribution in [0.25, 0.3) is 6.08 Å². The first-order valence-corrected chi connectivity index (χ1v) is 12.8. The van der Waals surface area contributed by atoms with Gasteiger partial charge < -0.3 is 10.1 Å². The van der Waals surface area contributed by atoms with Gasteiger partial charge in [0.05, 0.1) is 21.1 Å². The number of thioether (sulfide) groups is 1. The third kappa shape index (κ3) is 6.57. The number of anilines is 1. The summed E-state index contributed by atoms with van der Waals surface area (Å²) in [5, 5.41) is 12.5. The molecule has 1 aliphatic heterocycles. The van der Waals surface area contributed by atoms with Gasteiger partial charge in [0.1, 0.15) is 12.3 Å². The molecule has 3 aromatic carbocycles. The summed E-state index contributed by atoms with van der Waals surface area (Å²) in [4.78, 5) is 48.3. The molecule has 42 heavy (non-hydrogen) atoms. The van der Waals surface area contributed by atoms with Crippen LogP contribution in [0.1, 0.15) is 11.1 Å². The first-order valence-electron chi connectivity index (χ1n) is 11.2. The Labute approximate surface area is 243 Å². The number of hydrogen-bond acceptors (Lipinski definition) is 7. The molecule has 0 atom stereocenters. The Morgan fingerprint density at radius 3 is 2.40 bits per heavy atom. The number of nitrogens with one attached hydrogen (secondary N) is 1. The van der Waals surface area contributed by atoms with Gasteiger partial charge in [-0.05, 0) is 60.3 Å². The highest BCUT2D eigenvalue weighted by atomic mass is 79.9. The molecule has 1 fully saturated rings. The maximum absolute atomic E-state index is 13.9. The molecule has 3 aromatic rings. The van der Waals surface area contributed by atoms with Crippen molar-refractivity contribution in [3.05, 3.63) is 96.6 Å². The Morgan fingerprint density at radius 2 is 1.74 bits per heavy atom. The van der Waals surface area contributed by atoms with Crippen LogP contribution in [0.4, 0.5) is 42.5 Å². The summed E-state index contributed by atoms with van der Waals surface area (Å²) >= 11 is 3.59. The van der Waals surface area contributed by atoms with Gasteiger partial charge in [-0.15, -0.1) is 0 Å². The zero-order valence-corrected chi connectivity index (χ0v) is 22.7. The summed E-state index contributed by atoms with van der Waals surface area (Å²) in [6.07, 6.45) is -3.71. The van der Waals surface area contributed by atoms with Crippen molar-refractivity contribution in [2.45, 2.75) is 6.18 Å². The molecule has 0 saturated carbocycles. The molecule has 0 radical (unpaired) electrons. The average Bonchev–Trinajstić information content (AvgIpc) is 3.17. The Morgan fingerprint density at radius 1 is 1.05 bits per heavy atom. The van der Waals surface area contributed by atoms with Crippen LogP contribution in [0, 0.1) is 27.6 Å². The molecule has 1 N–H and O–H groups in total. The van der Waals surface area contributed by atoms with Gasteiger partial charge in [0.15, 0.2) is 17.5 Å². The minimum absolute atomic E-state index is 0.0670. The van der Waals surface area contributed by atoms with Gasteiger partial charge in [-0.2, -0.15) is 13.2 Å². The van der Waals surface area contributed by atoms with Crippen molar-refractivity contribution >= 4 is 62.2 Å². The quantitative estimate of drug-likeness (QED) is 0.0920. The second-order valence-corrected chi connectivity index (χ2v) is 10.2. The van der Waals surface area contributed by atoms with Crippen LogP contribution in [-0.2, 0) is 15.8 Å². The van der Waals surface area contributed by atoms with Crippen LogP contribution in [-0.4, -0.2) is 33.4 Å². The van der Waals surface area contributed by atoms with Crippen molar-refractivity contribution in [2.75, 3.05) is 11.9 Å². The number of nitro groups is 1. The molecule has 0 spiro atoms. The topological polar surface area (TPSA) is 119 Å². The average molecular weight is 676 g/mol. The third-order valence-corrected chi connectivity index (χ3v) is 6.85. The number of carbonyl (C=O) groups excluding carboxylic acids is 3. The number of halogens is 7. The van der Waals surface area contributed by atoms with Gasteiger partial charge in [0.2, 0.25) is 11.7 Å². The van der Waals surface area contributed by atoms with Gasteiger partial charge in [-0.3, -0.25) is 29.4 Å². The SMILES string of the molecule is O=C(CN1C(=O)S/C(=C/c2cc(Br)ccc2Oc2ccc(C(F)(F)F)cc2[N+](=O)[O-])C1=O)Nc1ccc(F)c(F)c1F. The fraction of sp³-hybridized carbons (Fsp3) is 0.0800. The van der Waals surface area contributed by atoms with Gasteiger partial charge >= 0.3 is 11.9 Å². The Hall–Kier alpha value is -4.38. The number of imide groups is 1. The van der Waals surface area contributed by atoms with E-state index in [-0.39, 0.29) is 16.2 Å². The third-order valence-electron chi connectivity index (χ3n) is 5.45. The molecule has 0 aromatic heterocycles. The van der Waals surface area contributed by atoms with Crippen molar-refractivity contribution < 1.29 is 50.4 Å². The number of carbonyl (C=O) groups is 3. The highest BCUT2D eigenvalue weighted by Gasteiger charge is 2.37. The molecule has 0 aliphatic carbocycles. The lowest BCUT2D eigenvalue weighted by molar-refractivity contribution is -0.385. The summed E-state index contributed by atoms with van der Waals surface area (Å²) in [6.45, 7) is -0.917. The lowest BCUT2D eigenvalue weighted by Gasteiger charge is -2.13. The standard InChI is InChI=1S/C25H12BrF6N3O6S/c26-13-2-6-17(41-18-5-1-12(25(30,31)32)9-16(18)35(39)40)11(7-13)8-19-23(37)34(24(38)42-19)10-20(36)33-15-4-3-14(27)21(28)22(15)29/h1-9H,10H2,(H,33,36)/b19-8+. The zero-order valence-electron chi connectivity index (χ0n) is 20.3. The molecule has 218 valence electrons. The minimum atomic E-state index is -4.85. The Balaban J connectivity index is 1.58. The van der Waals surface area contributed by atoms with Crippen LogP contribution < -0.4 is 10.1 Å². The second kappa shape index (κ2) is 11.8. The highest BCUT2D eigenvalue weighted by Crippen LogP contribution is 2.40. The number of amides is 3. The largest absolute Gasteiger partial charge is 0.449 e. The van der Waals surface area contributed by atoms with E-state index < -0.39 is 74.8 Å². The number of rotatable bonds is 7. The molecule has 0 unspecified atom stereocenters. The molecule has 1 saturated heterocycles. The summed E-state index contributed by atoms with van der Waals surface area (Å²) in [5.41, 5.74) is -2.92. The molecule has 1 heterocycles. The fourth-order valence-electron chi connectivity index (χ4n) is 3.50. The lowest BCUT2D eigenvalue weighted by Crippen LogP contribution is -2.36. The maximum atomic E-state index is 13.9. The molecular formula is C25H12BrF6N3O6S. The van der Waals surface area contributed by atoms with E-state index in [1.807, 2.05) is 5.32 Å². The molecular weight excluding hydrogens is 664 g/mol. The first kappa shape index (κ1) is 30.6. The Kier molecular flexibility index (Phi) is 8.63. The summed E-state index contributed by atoms with van der Waals surface area (Å²) < 4.78 is 85.5. The van der Waals surface area contributed by atoms with E-state index in [1.54, 1.807) is 0 Å². The zero-order chi connectivity index (χ0) is 30.9. The van der Waals surface area contributed by atoms with Gasteiger partial charge in [0.25, 0.3) is 11.1 Å². The van der Waals surface area contributed by atoms with Crippen LogP contribution in [0.5, 0.6) is 11.5 Å². The van der Waals surface area contributed by atoms with Crippen LogP contribution in [0.3, 0.4) is 0 Å². The number of nitrogens with zero attached hydrogens (tertiary/aromatic N) is 2. The van der Waals surface area contributed by atoms with Gasteiger partial charge in [-0.25, -0.2) is 13.2 Å². The molecule has 1 aliphatic rings. The summed E-state index contributed by atoms with van der Waals surface area (Å²) in [5.74, 6) is -7.78. The number of ether oxygens (including phenoxy) is 1. The van der Waals surface area contributed by atoms with E-state index in [1.165, 1.54) is 18.2 Å². The number of nitro benzene ring substituents is 1. The molecule has 3 amide bonds. The molecule has 9 nitrogen and oxygen atoms in total. The van der Waals surface area contributed by atoms with E-state index in [9.17, 15) is 50.8 Å². The summed E-state index contributed by atoms with van der Waals surface area (Å²) in [6, 6.07) is 7.08. The molecule has 4 rings (SSSR count).